The topological polar surface area (TPSA) is 76.0 Å². The number of fused-ring (bicyclic) bond motifs is 3. The summed E-state index contributed by atoms with van der Waals surface area (Å²) in [5, 5.41) is 1.13. The zero-order valence-electron chi connectivity index (χ0n) is 10.9. The van der Waals surface area contributed by atoms with E-state index in [0.29, 0.717) is 0 Å². The molecule has 20 heavy (non-hydrogen) atoms. The summed E-state index contributed by atoms with van der Waals surface area (Å²) in [5.41, 5.74) is 9.56. The number of aromatic nitrogens is 1. The molecule has 1 unspecified atom stereocenters. The second-order valence-corrected chi connectivity index (χ2v) is 6.18. The van der Waals surface area contributed by atoms with Crippen LogP contribution in [0.5, 0.6) is 0 Å². The van der Waals surface area contributed by atoms with Gasteiger partial charge in [-0.1, -0.05) is 22.0 Å². The van der Waals surface area contributed by atoms with E-state index < -0.39 is 0 Å². The molecule has 1 atom stereocenters. The van der Waals surface area contributed by atoms with E-state index in [1.165, 1.54) is 5.56 Å². The SMILES string of the molecule is NC(=O)Cc1ccc(Br)c2c3c([nH]c12)CC(C=O)CC3. The van der Waals surface area contributed by atoms with Gasteiger partial charge in [-0.05, 0) is 36.5 Å². The van der Waals surface area contributed by atoms with Crippen LogP contribution >= 0.6 is 15.9 Å². The van der Waals surface area contributed by atoms with Crippen molar-refractivity contribution in [1.29, 1.82) is 0 Å². The number of primary amides is 1. The van der Waals surface area contributed by atoms with Crippen molar-refractivity contribution in [1.82, 2.24) is 4.98 Å². The number of H-pyrrole nitrogens is 1. The van der Waals surface area contributed by atoms with Crippen LogP contribution in [0.15, 0.2) is 16.6 Å². The number of carbonyl (C=O) groups excluding carboxylic acids is 2. The number of carbonyl (C=O) groups is 2. The van der Waals surface area contributed by atoms with Gasteiger partial charge >= 0.3 is 0 Å². The molecular formula is C15H15BrN2O2. The van der Waals surface area contributed by atoms with Crippen molar-refractivity contribution in [2.45, 2.75) is 25.7 Å². The summed E-state index contributed by atoms with van der Waals surface area (Å²) in [6, 6.07) is 3.87. The van der Waals surface area contributed by atoms with Crippen molar-refractivity contribution < 1.29 is 9.59 Å². The predicted octanol–water partition coefficient (Wildman–Crippen LogP) is 2.26. The first kappa shape index (κ1) is 13.4. The highest BCUT2D eigenvalue weighted by atomic mass is 79.9. The van der Waals surface area contributed by atoms with Crippen LogP contribution in [0.1, 0.15) is 23.2 Å². The van der Waals surface area contributed by atoms with E-state index in [-0.39, 0.29) is 18.2 Å². The first-order chi connectivity index (χ1) is 9.60. The molecule has 0 bridgehead atoms. The molecule has 1 aromatic carbocycles. The van der Waals surface area contributed by atoms with Crippen LogP contribution in [0.25, 0.3) is 10.9 Å². The third-order valence-corrected chi connectivity index (χ3v) is 4.63. The molecule has 0 aliphatic heterocycles. The molecule has 3 rings (SSSR count). The zero-order valence-corrected chi connectivity index (χ0v) is 12.5. The maximum Gasteiger partial charge on any atom is 0.221 e. The Kier molecular flexibility index (Phi) is 3.38. The predicted molar refractivity (Wildman–Crippen MR) is 80.5 cm³/mol. The van der Waals surface area contributed by atoms with E-state index in [1.54, 1.807) is 0 Å². The molecule has 3 N–H and O–H groups in total. The van der Waals surface area contributed by atoms with E-state index >= 15 is 0 Å². The third kappa shape index (κ3) is 2.16. The number of benzene rings is 1. The fourth-order valence-corrected chi connectivity index (χ4v) is 3.60. The van der Waals surface area contributed by atoms with Crippen LogP contribution in [0.4, 0.5) is 0 Å². The van der Waals surface area contributed by atoms with Crippen molar-refractivity contribution >= 4 is 39.0 Å². The van der Waals surface area contributed by atoms with Crippen molar-refractivity contribution in [3.63, 3.8) is 0 Å². The normalized spacial score (nSPS) is 17.9. The molecule has 1 amide bonds. The van der Waals surface area contributed by atoms with E-state index in [1.807, 2.05) is 12.1 Å². The van der Waals surface area contributed by atoms with Crippen LogP contribution in [0.2, 0.25) is 0 Å². The van der Waals surface area contributed by atoms with Crippen LogP contribution in [0, 0.1) is 5.92 Å². The van der Waals surface area contributed by atoms with Crippen LogP contribution in [0.3, 0.4) is 0 Å². The Balaban J connectivity index is 2.18. The third-order valence-electron chi connectivity index (χ3n) is 3.97. The van der Waals surface area contributed by atoms with Crippen molar-refractivity contribution in [3.8, 4) is 0 Å². The highest BCUT2D eigenvalue weighted by molar-refractivity contribution is 9.10. The molecule has 1 aromatic heterocycles. The lowest BCUT2D eigenvalue weighted by Gasteiger charge is -2.17. The van der Waals surface area contributed by atoms with Crippen molar-refractivity contribution in [2.75, 3.05) is 0 Å². The Hall–Kier alpha value is -1.62. The van der Waals surface area contributed by atoms with Crippen molar-refractivity contribution in [3.05, 3.63) is 33.4 Å². The number of aldehydes is 1. The summed E-state index contributed by atoms with van der Waals surface area (Å²) in [4.78, 5) is 25.6. The van der Waals surface area contributed by atoms with E-state index in [2.05, 4.69) is 20.9 Å². The largest absolute Gasteiger partial charge is 0.369 e. The zero-order chi connectivity index (χ0) is 14.3. The van der Waals surface area contributed by atoms with E-state index in [4.69, 9.17) is 5.73 Å². The molecular weight excluding hydrogens is 320 g/mol. The number of aromatic amines is 1. The second-order valence-electron chi connectivity index (χ2n) is 5.32. The van der Waals surface area contributed by atoms with Gasteiger partial charge in [-0.15, -0.1) is 0 Å². The molecule has 0 fully saturated rings. The number of hydrogen-bond donors (Lipinski definition) is 2. The minimum atomic E-state index is -0.341. The number of rotatable bonds is 3. The lowest BCUT2D eigenvalue weighted by molar-refractivity contribution is -0.117. The average Bonchev–Trinajstić information content (AvgIpc) is 2.80. The van der Waals surface area contributed by atoms with Gasteiger partial charge in [0.05, 0.1) is 11.9 Å². The molecule has 1 aliphatic rings. The van der Waals surface area contributed by atoms with Gasteiger partial charge < -0.3 is 15.5 Å². The Morgan fingerprint density at radius 1 is 1.50 bits per heavy atom. The lowest BCUT2D eigenvalue weighted by Crippen LogP contribution is -2.14. The van der Waals surface area contributed by atoms with Gasteiger partial charge in [-0.2, -0.15) is 0 Å². The summed E-state index contributed by atoms with van der Waals surface area (Å²) in [6.07, 6.45) is 3.78. The molecule has 0 saturated carbocycles. The number of halogens is 1. The number of nitrogens with two attached hydrogens (primary N) is 1. The maximum absolute atomic E-state index is 11.2. The molecule has 104 valence electrons. The monoisotopic (exact) mass is 334 g/mol. The average molecular weight is 335 g/mol. The molecule has 0 spiro atoms. The van der Waals surface area contributed by atoms with Gasteiger partial charge in [0.1, 0.15) is 6.29 Å². The highest BCUT2D eigenvalue weighted by Crippen LogP contribution is 2.36. The molecule has 0 radical (unpaired) electrons. The standard InChI is InChI=1S/C15H15BrN2O2/c16-11-4-2-9(6-13(17)20)15-14(11)10-3-1-8(7-19)5-12(10)18-15/h2,4,7-8,18H,1,3,5-6H2,(H2,17,20). The van der Waals surface area contributed by atoms with E-state index in [9.17, 15) is 9.59 Å². The smallest absolute Gasteiger partial charge is 0.221 e. The summed E-state index contributed by atoms with van der Waals surface area (Å²) in [7, 11) is 0. The maximum atomic E-state index is 11.2. The Morgan fingerprint density at radius 3 is 3.00 bits per heavy atom. The van der Waals surface area contributed by atoms with Gasteiger partial charge in [-0.3, -0.25) is 4.79 Å². The Bertz CT molecular complexity index is 705. The molecule has 4 nitrogen and oxygen atoms in total. The number of aryl methyl sites for hydroxylation is 1. The van der Waals surface area contributed by atoms with E-state index in [0.717, 1.165) is 52.2 Å². The van der Waals surface area contributed by atoms with Crippen LogP contribution < -0.4 is 5.73 Å². The minimum absolute atomic E-state index is 0.0916. The van der Waals surface area contributed by atoms with Gasteiger partial charge in [0.15, 0.2) is 0 Å². The number of hydrogen-bond acceptors (Lipinski definition) is 2. The minimum Gasteiger partial charge on any atom is -0.369 e. The molecule has 2 aromatic rings. The summed E-state index contributed by atoms with van der Waals surface area (Å²) in [6.45, 7) is 0. The lowest BCUT2D eigenvalue weighted by atomic mass is 9.87. The van der Waals surface area contributed by atoms with Crippen LogP contribution in [-0.2, 0) is 28.9 Å². The quantitative estimate of drug-likeness (QED) is 0.844. The van der Waals surface area contributed by atoms with Gasteiger partial charge in [0.2, 0.25) is 5.91 Å². The summed E-state index contributed by atoms with van der Waals surface area (Å²) < 4.78 is 1.02. The molecule has 1 heterocycles. The summed E-state index contributed by atoms with van der Waals surface area (Å²) >= 11 is 3.58. The van der Waals surface area contributed by atoms with Crippen molar-refractivity contribution in [2.24, 2.45) is 11.7 Å². The Labute approximate surface area is 124 Å². The second kappa shape index (κ2) is 5.05. The molecule has 1 aliphatic carbocycles. The highest BCUT2D eigenvalue weighted by Gasteiger charge is 2.24. The fraction of sp³-hybridized carbons (Fsp3) is 0.333. The molecule has 0 saturated heterocycles. The molecule has 5 heteroatoms. The first-order valence-corrected chi connectivity index (χ1v) is 7.44. The first-order valence-electron chi connectivity index (χ1n) is 6.64. The number of amides is 1. The summed E-state index contributed by atoms with van der Waals surface area (Å²) in [5.74, 6) is -0.249. The Morgan fingerprint density at radius 2 is 2.30 bits per heavy atom. The van der Waals surface area contributed by atoms with Gasteiger partial charge in [0, 0.05) is 21.5 Å². The van der Waals surface area contributed by atoms with Gasteiger partial charge in [0.25, 0.3) is 0 Å². The van der Waals surface area contributed by atoms with Crippen LogP contribution in [-0.4, -0.2) is 17.2 Å². The van der Waals surface area contributed by atoms with Gasteiger partial charge in [-0.25, -0.2) is 0 Å². The number of nitrogens with one attached hydrogen (secondary N) is 1. The fourth-order valence-electron chi connectivity index (χ4n) is 3.03.